The molecular weight excluding hydrogens is 336 g/mol. The molecule has 0 fully saturated rings. The highest BCUT2D eigenvalue weighted by Crippen LogP contribution is 2.10. The predicted octanol–water partition coefficient (Wildman–Crippen LogP) is 10.5. The summed E-state index contributed by atoms with van der Waals surface area (Å²) in [5.74, 6) is 1.42. The third-order valence-corrected chi connectivity index (χ3v) is 3.68. The Morgan fingerprint density at radius 2 is 1.43 bits per heavy atom. The maximum absolute atomic E-state index is 3.77. The van der Waals surface area contributed by atoms with Crippen LogP contribution in [0.1, 0.15) is 108 Å². The van der Waals surface area contributed by atoms with Gasteiger partial charge in [-0.05, 0) is 57.8 Å². The monoisotopic (exact) mass is 390 g/mol. The molecule has 1 atom stereocenters. The number of allylic oxidation sites excluding steroid dienone is 9. The molecule has 0 nitrogen and oxygen atoms in total. The zero-order valence-electron chi connectivity index (χ0n) is 21.4. The van der Waals surface area contributed by atoms with Crippen molar-refractivity contribution in [2.24, 2.45) is 11.8 Å². The van der Waals surface area contributed by atoms with Crippen LogP contribution in [0, 0.1) is 11.8 Å². The lowest BCUT2D eigenvalue weighted by molar-refractivity contribution is 0.593. The van der Waals surface area contributed by atoms with Gasteiger partial charge in [0.2, 0.25) is 0 Å². The van der Waals surface area contributed by atoms with Gasteiger partial charge in [0, 0.05) is 0 Å². The summed E-state index contributed by atoms with van der Waals surface area (Å²) in [6, 6.07) is 0. The second kappa shape index (κ2) is 30.4. The Balaban J connectivity index is -0.000000434. The average Bonchev–Trinajstić information content (AvgIpc) is 2.70. The van der Waals surface area contributed by atoms with E-state index in [4.69, 9.17) is 0 Å². The van der Waals surface area contributed by atoms with Gasteiger partial charge < -0.3 is 0 Å². The van der Waals surface area contributed by atoms with Crippen molar-refractivity contribution < 1.29 is 0 Å². The smallest absolute Gasteiger partial charge is 0.0138 e. The second-order valence-corrected chi connectivity index (χ2v) is 6.77. The third kappa shape index (κ3) is 32.4. The van der Waals surface area contributed by atoms with E-state index < -0.39 is 0 Å². The van der Waals surface area contributed by atoms with Crippen LogP contribution in [0.15, 0.2) is 60.3 Å². The van der Waals surface area contributed by atoms with Crippen LogP contribution in [-0.4, -0.2) is 0 Å². The van der Waals surface area contributed by atoms with Crippen LogP contribution in [0.5, 0.6) is 0 Å². The Kier molecular flexibility index (Phi) is 37.2. The van der Waals surface area contributed by atoms with Crippen molar-refractivity contribution in [2.75, 3.05) is 0 Å². The highest BCUT2D eigenvalue weighted by molar-refractivity contribution is 5.23. The summed E-state index contributed by atoms with van der Waals surface area (Å²) in [5, 5.41) is 0. The lowest BCUT2D eigenvalue weighted by atomic mass is 10.0. The molecular formula is C28H54. The summed E-state index contributed by atoms with van der Waals surface area (Å²) < 4.78 is 0. The molecule has 0 N–H and O–H groups in total. The minimum atomic E-state index is 0.622. The van der Waals surface area contributed by atoms with Crippen LogP contribution >= 0.6 is 0 Å². The van der Waals surface area contributed by atoms with E-state index in [0.717, 1.165) is 18.8 Å². The third-order valence-electron chi connectivity index (χ3n) is 3.68. The molecule has 0 spiro atoms. The Labute approximate surface area is 180 Å². The standard InChI is InChI=1S/C22H36.3C2H6/c1-7-8-13-20(4)15-10-17-22(6)18-11-16-21(5)14-9-12-19(2)3;3*1-2/h7,10-11,14-15,17-20H,1,8-9,12-13,16H2,2-6H3;3*1-2H3/b15-10+,18-11+,21-14-,22-17+;;;. The molecule has 0 saturated heterocycles. The minimum Gasteiger partial charge on any atom is -0.103 e. The summed E-state index contributed by atoms with van der Waals surface area (Å²) >= 11 is 0. The molecule has 0 saturated carbocycles. The fourth-order valence-electron chi connectivity index (χ4n) is 2.11. The highest BCUT2D eigenvalue weighted by Gasteiger charge is 1.93. The van der Waals surface area contributed by atoms with Crippen LogP contribution in [0.2, 0.25) is 0 Å². The first-order valence-corrected chi connectivity index (χ1v) is 11.7. The summed E-state index contributed by atoms with van der Waals surface area (Å²) in [7, 11) is 0. The summed E-state index contributed by atoms with van der Waals surface area (Å²) in [6.45, 7) is 27.0. The lowest BCUT2D eigenvalue weighted by Crippen LogP contribution is -1.86. The van der Waals surface area contributed by atoms with Crippen molar-refractivity contribution >= 4 is 0 Å². The number of hydrogen-bond acceptors (Lipinski definition) is 0. The van der Waals surface area contributed by atoms with E-state index in [-0.39, 0.29) is 0 Å². The van der Waals surface area contributed by atoms with Crippen molar-refractivity contribution in [3.8, 4) is 0 Å². The van der Waals surface area contributed by atoms with Gasteiger partial charge in [0.25, 0.3) is 0 Å². The Morgan fingerprint density at radius 1 is 0.857 bits per heavy atom. The average molecular weight is 391 g/mol. The normalized spacial score (nSPS) is 12.6. The summed E-state index contributed by atoms with van der Waals surface area (Å²) in [6.07, 6.45) is 21.3. The highest BCUT2D eigenvalue weighted by atomic mass is 14.0. The van der Waals surface area contributed by atoms with Gasteiger partial charge in [-0.15, -0.1) is 6.58 Å². The molecule has 0 rings (SSSR count). The van der Waals surface area contributed by atoms with Crippen LogP contribution in [0.25, 0.3) is 0 Å². The molecule has 0 heteroatoms. The van der Waals surface area contributed by atoms with Gasteiger partial charge in [0.1, 0.15) is 0 Å². The topological polar surface area (TPSA) is 0 Å². The predicted molar refractivity (Wildman–Crippen MR) is 137 cm³/mol. The molecule has 0 amide bonds. The van der Waals surface area contributed by atoms with E-state index in [1.807, 2.05) is 47.6 Å². The maximum atomic E-state index is 3.77. The van der Waals surface area contributed by atoms with E-state index in [1.165, 1.54) is 30.4 Å². The molecule has 0 aromatic rings. The first-order chi connectivity index (χ1) is 13.5. The zero-order valence-corrected chi connectivity index (χ0v) is 21.4. The van der Waals surface area contributed by atoms with Gasteiger partial charge in [-0.1, -0.05) is 116 Å². The quantitative estimate of drug-likeness (QED) is 0.243. The first-order valence-electron chi connectivity index (χ1n) is 11.7. The van der Waals surface area contributed by atoms with E-state index in [9.17, 15) is 0 Å². The SMILES string of the molecule is C=CCCC(C)/C=C/C=C(C)/C=C/C/C(C)=C\CCC(C)C.CC.CC.CC. The van der Waals surface area contributed by atoms with Crippen molar-refractivity contribution in [1.82, 2.24) is 0 Å². The molecule has 166 valence electrons. The van der Waals surface area contributed by atoms with Gasteiger partial charge in [0.15, 0.2) is 0 Å². The van der Waals surface area contributed by atoms with E-state index in [1.54, 1.807) is 0 Å². The van der Waals surface area contributed by atoms with Crippen LogP contribution in [0.3, 0.4) is 0 Å². The second-order valence-electron chi connectivity index (χ2n) is 6.77. The molecule has 0 bridgehead atoms. The largest absolute Gasteiger partial charge is 0.103 e. The van der Waals surface area contributed by atoms with Gasteiger partial charge in [0.05, 0.1) is 0 Å². The van der Waals surface area contributed by atoms with E-state index in [2.05, 4.69) is 77.7 Å². The van der Waals surface area contributed by atoms with E-state index >= 15 is 0 Å². The Morgan fingerprint density at radius 3 is 1.93 bits per heavy atom. The lowest BCUT2D eigenvalue weighted by Gasteiger charge is -2.02. The van der Waals surface area contributed by atoms with Crippen LogP contribution in [0.4, 0.5) is 0 Å². The fourth-order valence-corrected chi connectivity index (χ4v) is 2.11. The zero-order chi connectivity index (χ0) is 22.8. The Bertz CT molecular complexity index is 402. The number of rotatable bonds is 11. The van der Waals surface area contributed by atoms with Gasteiger partial charge in [-0.2, -0.15) is 0 Å². The molecule has 0 aliphatic rings. The van der Waals surface area contributed by atoms with Gasteiger partial charge in [-0.25, -0.2) is 0 Å². The first kappa shape index (κ1) is 34.2. The van der Waals surface area contributed by atoms with Gasteiger partial charge >= 0.3 is 0 Å². The van der Waals surface area contributed by atoms with Crippen molar-refractivity contribution in [2.45, 2.75) is 108 Å². The molecule has 0 heterocycles. The molecule has 0 radical (unpaired) electrons. The molecule has 0 aliphatic carbocycles. The molecule has 28 heavy (non-hydrogen) atoms. The molecule has 0 aromatic carbocycles. The summed E-state index contributed by atoms with van der Waals surface area (Å²) in [5.41, 5.74) is 2.78. The van der Waals surface area contributed by atoms with Gasteiger partial charge in [-0.3, -0.25) is 0 Å². The Hall–Kier alpha value is -1.30. The number of hydrogen-bond donors (Lipinski definition) is 0. The van der Waals surface area contributed by atoms with Crippen LogP contribution in [-0.2, 0) is 0 Å². The molecule has 0 aromatic heterocycles. The maximum Gasteiger partial charge on any atom is -0.0138 e. The molecule has 0 aliphatic heterocycles. The summed E-state index contributed by atoms with van der Waals surface area (Å²) in [4.78, 5) is 0. The van der Waals surface area contributed by atoms with Crippen molar-refractivity contribution in [3.63, 3.8) is 0 Å². The molecule has 1 unspecified atom stereocenters. The van der Waals surface area contributed by atoms with Crippen molar-refractivity contribution in [1.29, 1.82) is 0 Å². The van der Waals surface area contributed by atoms with Crippen LogP contribution < -0.4 is 0 Å². The fraction of sp³-hybridized carbons (Fsp3) is 0.643. The van der Waals surface area contributed by atoms with Crippen molar-refractivity contribution in [3.05, 3.63) is 60.3 Å². The van der Waals surface area contributed by atoms with E-state index in [0.29, 0.717) is 5.92 Å². The minimum absolute atomic E-state index is 0.622.